The fraction of sp³-hybridized carbons (Fsp3) is 0.167. The van der Waals surface area contributed by atoms with Gasteiger partial charge in [0.15, 0.2) is 5.75 Å². The van der Waals surface area contributed by atoms with E-state index in [9.17, 15) is 14.7 Å². The number of piperazine rings is 1. The van der Waals surface area contributed by atoms with Crippen molar-refractivity contribution in [2.45, 2.75) is 6.54 Å². The third kappa shape index (κ3) is 4.86. The quantitative estimate of drug-likeness (QED) is 0.311. The fourth-order valence-electron chi connectivity index (χ4n) is 5.22. The summed E-state index contributed by atoms with van der Waals surface area (Å²) in [6.07, 6.45) is 4.95. The number of para-hydroxylation sites is 2. The number of nitrogens with zero attached hydrogens (tertiary/aromatic N) is 5. The van der Waals surface area contributed by atoms with Crippen molar-refractivity contribution in [3.05, 3.63) is 113 Å². The molecule has 202 valence electrons. The predicted molar refractivity (Wildman–Crippen MR) is 150 cm³/mol. The summed E-state index contributed by atoms with van der Waals surface area (Å²) in [5.41, 5.74) is 2.84. The summed E-state index contributed by atoms with van der Waals surface area (Å²) in [5.74, 6) is -0.954. The monoisotopic (exact) mass is 539 g/mol. The smallest absolute Gasteiger partial charge is 0.449 e. The molecule has 0 saturated carbocycles. The number of hydrogen-bond donors (Lipinski definition) is 1. The topological polar surface area (TPSA) is 92.8 Å². The van der Waals surface area contributed by atoms with Gasteiger partial charge >= 0.3 is 6.16 Å². The second-order valence-electron chi connectivity index (χ2n) is 9.55. The summed E-state index contributed by atoms with van der Waals surface area (Å²) in [6.45, 7) is 3.10. The highest BCUT2D eigenvalue weighted by atomic mass is 19.1. The van der Waals surface area contributed by atoms with Gasteiger partial charge in [-0.05, 0) is 35.9 Å². The molecule has 1 N–H and O–H groups in total. The maximum atomic E-state index is 15.6. The number of rotatable bonds is 6. The lowest BCUT2D eigenvalue weighted by molar-refractivity contribution is 0.144. The van der Waals surface area contributed by atoms with Gasteiger partial charge in [0, 0.05) is 44.3 Å². The van der Waals surface area contributed by atoms with Crippen LogP contribution in [0.2, 0.25) is 0 Å². The maximum Gasteiger partial charge on any atom is 0.511 e. The van der Waals surface area contributed by atoms with Gasteiger partial charge in [-0.3, -0.25) is 4.79 Å². The number of ether oxygens (including phenoxy) is 1. The molecule has 1 fully saturated rings. The minimum atomic E-state index is -1.62. The van der Waals surface area contributed by atoms with Crippen molar-refractivity contribution >= 4 is 28.4 Å². The number of fused-ring (bicyclic) bond motifs is 1. The van der Waals surface area contributed by atoms with Gasteiger partial charge < -0.3 is 28.8 Å². The lowest BCUT2D eigenvalue weighted by atomic mass is 10.1. The van der Waals surface area contributed by atoms with Crippen molar-refractivity contribution in [1.82, 2.24) is 14.1 Å². The molecule has 3 aromatic carbocycles. The third-order valence-corrected chi connectivity index (χ3v) is 7.14. The molecule has 10 heteroatoms. The number of anilines is 2. The summed E-state index contributed by atoms with van der Waals surface area (Å²) < 4.78 is 24.0. The lowest BCUT2D eigenvalue weighted by Crippen LogP contribution is -2.46. The van der Waals surface area contributed by atoms with Crippen molar-refractivity contribution in [2.75, 3.05) is 36.0 Å². The summed E-state index contributed by atoms with van der Waals surface area (Å²) in [4.78, 5) is 32.9. The van der Waals surface area contributed by atoms with Crippen LogP contribution in [0.25, 0.3) is 16.6 Å². The SMILES string of the molecule is O=C(O)Oc1cn(-c2ccccc2Cn2ccnc2)c2cc(N3CCN(c4ccccc4)CC3)c(F)cc2c1=O. The highest BCUT2D eigenvalue weighted by Crippen LogP contribution is 2.30. The van der Waals surface area contributed by atoms with E-state index >= 15 is 4.39 Å². The van der Waals surface area contributed by atoms with Gasteiger partial charge in [0.1, 0.15) is 5.82 Å². The average molecular weight is 540 g/mol. The molecule has 1 saturated heterocycles. The van der Waals surface area contributed by atoms with E-state index in [2.05, 4.69) is 22.0 Å². The molecule has 1 aliphatic heterocycles. The third-order valence-electron chi connectivity index (χ3n) is 7.14. The Labute approximate surface area is 228 Å². The first-order valence-electron chi connectivity index (χ1n) is 12.9. The van der Waals surface area contributed by atoms with Crippen LogP contribution in [0.15, 0.2) is 96.4 Å². The number of imidazole rings is 1. The molecule has 0 radical (unpaired) electrons. The van der Waals surface area contributed by atoms with Crippen molar-refractivity contribution in [2.24, 2.45) is 0 Å². The van der Waals surface area contributed by atoms with E-state index in [1.54, 1.807) is 23.2 Å². The minimum Gasteiger partial charge on any atom is -0.449 e. The van der Waals surface area contributed by atoms with Gasteiger partial charge in [-0.25, -0.2) is 14.2 Å². The number of hydrogen-bond acceptors (Lipinski definition) is 6. The van der Waals surface area contributed by atoms with Gasteiger partial charge in [-0.15, -0.1) is 0 Å². The van der Waals surface area contributed by atoms with Crippen molar-refractivity contribution in [3.8, 4) is 11.4 Å². The van der Waals surface area contributed by atoms with Crippen LogP contribution in [0.5, 0.6) is 5.75 Å². The van der Waals surface area contributed by atoms with Gasteiger partial charge in [0.05, 0.1) is 41.3 Å². The van der Waals surface area contributed by atoms with Crippen LogP contribution in [0.3, 0.4) is 0 Å². The van der Waals surface area contributed by atoms with E-state index in [1.807, 2.05) is 58.1 Å². The molecule has 1 aliphatic rings. The Morgan fingerprint density at radius 1 is 0.950 bits per heavy atom. The molecule has 2 aromatic heterocycles. The van der Waals surface area contributed by atoms with E-state index in [0.717, 1.165) is 11.3 Å². The van der Waals surface area contributed by atoms with E-state index in [4.69, 9.17) is 4.74 Å². The molecular formula is C30H26FN5O4. The van der Waals surface area contributed by atoms with Crippen LogP contribution in [0.4, 0.5) is 20.6 Å². The van der Waals surface area contributed by atoms with Gasteiger partial charge in [-0.2, -0.15) is 0 Å². The Hall–Kier alpha value is -5.12. The summed E-state index contributed by atoms with van der Waals surface area (Å²) in [7, 11) is 0. The van der Waals surface area contributed by atoms with E-state index in [-0.39, 0.29) is 5.39 Å². The molecule has 0 atom stereocenters. The van der Waals surface area contributed by atoms with Crippen LogP contribution in [-0.2, 0) is 6.54 Å². The zero-order chi connectivity index (χ0) is 27.6. The Morgan fingerprint density at radius 3 is 2.40 bits per heavy atom. The standard InChI is InChI=1S/C30H26FN5O4/c31-24-16-23-26(17-27(24)35-14-12-34(13-15-35)22-7-2-1-3-8-22)36(19-28(29(23)37)40-30(38)39)25-9-5-4-6-21(25)18-33-11-10-32-20-33/h1-11,16-17,19-20H,12-15,18H2,(H,38,39). The second-order valence-corrected chi connectivity index (χ2v) is 9.55. The van der Waals surface area contributed by atoms with Crippen LogP contribution in [0, 0.1) is 5.82 Å². The van der Waals surface area contributed by atoms with Crippen LogP contribution in [0.1, 0.15) is 5.56 Å². The zero-order valence-corrected chi connectivity index (χ0v) is 21.5. The molecule has 9 nitrogen and oxygen atoms in total. The van der Waals surface area contributed by atoms with Gasteiger partial charge in [0.2, 0.25) is 5.43 Å². The van der Waals surface area contributed by atoms with Crippen molar-refractivity contribution in [1.29, 1.82) is 0 Å². The molecular weight excluding hydrogens is 513 g/mol. The van der Waals surface area contributed by atoms with E-state index in [1.165, 1.54) is 12.3 Å². The largest absolute Gasteiger partial charge is 0.511 e. The molecule has 5 aromatic rings. The van der Waals surface area contributed by atoms with Crippen LogP contribution < -0.4 is 20.0 Å². The normalized spacial score (nSPS) is 13.5. The molecule has 6 rings (SSSR count). The minimum absolute atomic E-state index is 0.0281. The van der Waals surface area contributed by atoms with Gasteiger partial charge in [0.25, 0.3) is 0 Å². The summed E-state index contributed by atoms with van der Waals surface area (Å²) in [6, 6.07) is 20.5. The number of carboxylic acid groups (broad SMARTS) is 1. The summed E-state index contributed by atoms with van der Waals surface area (Å²) >= 11 is 0. The Morgan fingerprint density at radius 2 is 1.68 bits per heavy atom. The van der Waals surface area contributed by atoms with Crippen LogP contribution in [-0.4, -0.2) is 51.6 Å². The Balaban J connectivity index is 1.45. The first-order chi connectivity index (χ1) is 19.5. The van der Waals surface area contributed by atoms with Crippen molar-refractivity contribution in [3.63, 3.8) is 0 Å². The number of benzene rings is 3. The highest BCUT2D eigenvalue weighted by Gasteiger charge is 2.23. The number of halogens is 1. The predicted octanol–water partition coefficient (Wildman–Crippen LogP) is 4.76. The first kappa shape index (κ1) is 25.2. The molecule has 0 aliphatic carbocycles. The zero-order valence-electron chi connectivity index (χ0n) is 21.5. The Bertz CT molecular complexity index is 1730. The number of pyridine rings is 1. The molecule has 0 unspecified atom stereocenters. The number of carbonyl (C=O) groups is 1. The van der Waals surface area contributed by atoms with Gasteiger partial charge in [-0.1, -0.05) is 36.4 Å². The lowest BCUT2D eigenvalue weighted by Gasteiger charge is -2.37. The first-order valence-corrected chi connectivity index (χ1v) is 12.9. The van der Waals surface area contributed by atoms with E-state index in [0.29, 0.717) is 49.6 Å². The highest BCUT2D eigenvalue weighted by molar-refractivity contribution is 5.86. The molecule has 0 bridgehead atoms. The van der Waals surface area contributed by atoms with Crippen molar-refractivity contribution < 1.29 is 19.0 Å². The average Bonchev–Trinajstić information content (AvgIpc) is 3.48. The molecule has 0 spiro atoms. The molecule has 3 heterocycles. The Kier molecular flexibility index (Phi) is 6.65. The number of aromatic nitrogens is 3. The maximum absolute atomic E-state index is 15.6. The van der Waals surface area contributed by atoms with Crippen LogP contribution >= 0.6 is 0 Å². The van der Waals surface area contributed by atoms with E-state index < -0.39 is 23.2 Å². The fourth-order valence-corrected chi connectivity index (χ4v) is 5.22. The summed E-state index contributed by atoms with van der Waals surface area (Å²) in [5, 5.41) is 9.29. The molecule has 0 amide bonds. The second kappa shape index (κ2) is 10.6. The molecule has 40 heavy (non-hydrogen) atoms.